The van der Waals surface area contributed by atoms with E-state index in [9.17, 15) is 0 Å². The number of hydrogen-bond donors (Lipinski definition) is 1. The lowest BCUT2D eigenvalue weighted by Crippen LogP contribution is -2.40. The number of hydrogen-bond acceptors (Lipinski definition) is 3. The fourth-order valence-electron chi connectivity index (χ4n) is 2.23. The third-order valence-electron chi connectivity index (χ3n) is 3.47. The van der Waals surface area contributed by atoms with Gasteiger partial charge in [-0.1, -0.05) is 0 Å². The molecule has 1 aliphatic heterocycles. The Morgan fingerprint density at radius 1 is 1.42 bits per heavy atom. The van der Waals surface area contributed by atoms with Crippen molar-refractivity contribution in [2.24, 2.45) is 10.9 Å². The Morgan fingerprint density at radius 2 is 2.16 bits per heavy atom. The van der Waals surface area contributed by atoms with E-state index in [0.717, 1.165) is 38.2 Å². The van der Waals surface area contributed by atoms with Gasteiger partial charge in [-0.3, -0.25) is 4.99 Å². The summed E-state index contributed by atoms with van der Waals surface area (Å²) >= 11 is 0. The van der Waals surface area contributed by atoms with Gasteiger partial charge < -0.3 is 19.7 Å². The molecule has 0 unspecified atom stereocenters. The first kappa shape index (κ1) is 16.2. The first-order valence-electron chi connectivity index (χ1n) is 7.34. The predicted molar refractivity (Wildman–Crippen MR) is 78.6 cm³/mol. The number of nitrogens with zero attached hydrogens (tertiary/aromatic N) is 2. The highest BCUT2D eigenvalue weighted by Crippen LogP contribution is 2.18. The van der Waals surface area contributed by atoms with E-state index >= 15 is 0 Å². The molecule has 0 aromatic heterocycles. The van der Waals surface area contributed by atoms with Gasteiger partial charge >= 0.3 is 0 Å². The smallest absolute Gasteiger partial charge is 0.193 e. The summed E-state index contributed by atoms with van der Waals surface area (Å²) in [5.41, 5.74) is 0. The van der Waals surface area contributed by atoms with Crippen molar-refractivity contribution in [3.05, 3.63) is 0 Å². The molecule has 1 aliphatic rings. The van der Waals surface area contributed by atoms with Crippen molar-refractivity contribution in [2.45, 2.75) is 26.2 Å². The Hall–Kier alpha value is -0.810. The van der Waals surface area contributed by atoms with Crippen molar-refractivity contribution in [3.63, 3.8) is 0 Å². The monoisotopic (exact) mass is 271 g/mol. The van der Waals surface area contributed by atoms with Gasteiger partial charge in [0.25, 0.3) is 0 Å². The number of methoxy groups -OCH3 is 1. The topological polar surface area (TPSA) is 46.1 Å². The lowest BCUT2D eigenvalue weighted by atomic mass is 9.96. The van der Waals surface area contributed by atoms with Gasteiger partial charge in [-0.15, -0.1) is 0 Å². The maximum atomic E-state index is 5.39. The number of guanidine groups is 1. The van der Waals surface area contributed by atoms with Crippen LogP contribution in [0.2, 0.25) is 0 Å². The third-order valence-corrected chi connectivity index (χ3v) is 3.47. The fourth-order valence-corrected chi connectivity index (χ4v) is 2.23. The summed E-state index contributed by atoms with van der Waals surface area (Å²) in [6.45, 7) is 7.27. The minimum absolute atomic E-state index is 0.669. The Balaban J connectivity index is 2.33. The summed E-state index contributed by atoms with van der Waals surface area (Å²) < 4.78 is 10.4. The van der Waals surface area contributed by atoms with Crippen LogP contribution < -0.4 is 5.32 Å². The van der Waals surface area contributed by atoms with Gasteiger partial charge in [-0.05, 0) is 32.1 Å². The van der Waals surface area contributed by atoms with Crippen LogP contribution in [-0.4, -0.2) is 64.5 Å². The second-order valence-electron chi connectivity index (χ2n) is 4.99. The average molecular weight is 271 g/mol. The molecule has 0 aromatic rings. The van der Waals surface area contributed by atoms with Crippen LogP contribution >= 0.6 is 0 Å². The largest absolute Gasteiger partial charge is 0.383 e. The van der Waals surface area contributed by atoms with Crippen LogP contribution in [0, 0.1) is 5.92 Å². The quantitative estimate of drug-likeness (QED) is 0.431. The summed E-state index contributed by atoms with van der Waals surface area (Å²) in [6.07, 6.45) is 3.62. The van der Waals surface area contributed by atoms with E-state index in [-0.39, 0.29) is 0 Å². The zero-order chi connectivity index (χ0) is 13.9. The van der Waals surface area contributed by atoms with E-state index in [1.54, 1.807) is 7.11 Å². The molecule has 0 atom stereocenters. The molecule has 112 valence electrons. The molecular weight excluding hydrogens is 242 g/mol. The van der Waals surface area contributed by atoms with Crippen molar-refractivity contribution in [1.29, 1.82) is 0 Å². The molecule has 0 radical (unpaired) electrons. The Labute approximate surface area is 117 Å². The van der Waals surface area contributed by atoms with Crippen molar-refractivity contribution in [2.75, 3.05) is 53.6 Å². The maximum Gasteiger partial charge on any atom is 0.193 e. The number of ether oxygens (including phenoxy) is 2. The lowest BCUT2D eigenvalue weighted by molar-refractivity contribution is 0.0625. The number of rotatable bonds is 7. The molecule has 1 N–H and O–H groups in total. The molecular formula is C14H29N3O2. The zero-order valence-electron chi connectivity index (χ0n) is 12.7. The van der Waals surface area contributed by atoms with Crippen LogP contribution in [0.25, 0.3) is 0 Å². The van der Waals surface area contributed by atoms with Gasteiger partial charge in [0.1, 0.15) is 0 Å². The number of nitrogens with one attached hydrogen (secondary N) is 1. The molecule has 0 aliphatic carbocycles. The average Bonchev–Trinajstić information content (AvgIpc) is 2.45. The molecule has 0 spiro atoms. The zero-order valence-corrected chi connectivity index (χ0v) is 12.7. The first-order valence-corrected chi connectivity index (χ1v) is 7.34. The Bertz CT molecular complexity index is 253. The van der Waals surface area contributed by atoms with Crippen LogP contribution in [-0.2, 0) is 9.47 Å². The molecule has 1 fully saturated rings. The summed E-state index contributed by atoms with van der Waals surface area (Å²) in [7, 11) is 3.81. The molecule has 0 bridgehead atoms. The Kier molecular flexibility index (Phi) is 8.58. The molecule has 1 rings (SSSR count). The van der Waals surface area contributed by atoms with Crippen molar-refractivity contribution >= 4 is 5.96 Å². The predicted octanol–water partition coefficient (Wildman–Crippen LogP) is 1.35. The molecule has 0 amide bonds. The van der Waals surface area contributed by atoms with Crippen molar-refractivity contribution in [1.82, 2.24) is 10.2 Å². The second-order valence-corrected chi connectivity index (χ2v) is 4.99. The highest BCUT2D eigenvalue weighted by molar-refractivity contribution is 5.79. The Morgan fingerprint density at radius 3 is 2.79 bits per heavy atom. The minimum atomic E-state index is 0.669. The fraction of sp³-hybridized carbons (Fsp3) is 0.929. The van der Waals surface area contributed by atoms with Gasteiger partial charge in [-0.25, -0.2) is 0 Å². The molecule has 5 heteroatoms. The standard InChI is InChI=1S/C14H29N3O2/c1-4-15-14(16-8-12-18-3)17(2)9-5-13-6-10-19-11-7-13/h13H,4-12H2,1-3H3,(H,15,16). The SMILES string of the molecule is CCNC(=NCCOC)N(C)CCC1CCOCC1. The molecule has 1 heterocycles. The number of aliphatic imine (C=N–C) groups is 1. The van der Waals surface area contributed by atoms with Crippen LogP contribution in [0.4, 0.5) is 0 Å². The van der Waals surface area contributed by atoms with Gasteiger partial charge in [0.05, 0.1) is 13.2 Å². The summed E-state index contributed by atoms with van der Waals surface area (Å²) in [4.78, 5) is 6.77. The third kappa shape index (κ3) is 6.78. The van der Waals surface area contributed by atoms with E-state index in [0.29, 0.717) is 13.2 Å². The lowest BCUT2D eigenvalue weighted by Gasteiger charge is -2.26. The van der Waals surface area contributed by atoms with Gasteiger partial charge in [-0.2, -0.15) is 0 Å². The molecule has 19 heavy (non-hydrogen) atoms. The normalized spacial score (nSPS) is 17.5. The van der Waals surface area contributed by atoms with Crippen LogP contribution in [0.1, 0.15) is 26.2 Å². The first-order chi connectivity index (χ1) is 9.27. The van der Waals surface area contributed by atoms with E-state index < -0.39 is 0 Å². The highest BCUT2D eigenvalue weighted by Gasteiger charge is 2.15. The van der Waals surface area contributed by atoms with Crippen LogP contribution in [0.3, 0.4) is 0 Å². The van der Waals surface area contributed by atoms with Gasteiger partial charge in [0.15, 0.2) is 5.96 Å². The van der Waals surface area contributed by atoms with Crippen molar-refractivity contribution < 1.29 is 9.47 Å². The van der Waals surface area contributed by atoms with E-state index in [1.165, 1.54) is 19.3 Å². The molecule has 5 nitrogen and oxygen atoms in total. The molecule has 1 saturated heterocycles. The van der Waals surface area contributed by atoms with Gasteiger partial charge in [0, 0.05) is 40.5 Å². The van der Waals surface area contributed by atoms with Crippen LogP contribution in [0.5, 0.6) is 0 Å². The van der Waals surface area contributed by atoms with E-state index in [1.807, 2.05) is 0 Å². The van der Waals surface area contributed by atoms with E-state index in [2.05, 4.69) is 29.2 Å². The molecule has 0 aromatic carbocycles. The minimum Gasteiger partial charge on any atom is -0.383 e. The second kappa shape index (κ2) is 10.0. The van der Waals surface area contributed by atoms with Crippen molar-refractivity contribution in [3.8, 4) is 0 Å². The van der Waals surface area contributed by atoms with Gasteiger partial charge in [0.2, 0.25) is 0 Å². The van der Waals surface area contributed by atoms with E-state index in [4.69, 9.17) is 9.47 Å². The van der Waals surface area contributed by atoms with Crippen LogP contribution in [0.15, 0.2) is 4.99 Å². The molecule has 0 saturated carbocycles. The summed E-state index contributed by atoms with van der Waals surface area (Å²) in [6, 6.07) is 0. The highest BCUT2D eigenvalue weighted by atomic mass is 16.5. The summed E-state index contributed by atoms with van der Waals surface area (Å²) in [5.74, 6) is 1.78. The maximum absolute atomic E-state index is 5.39. The summed E-state index contributed by atoms with van der Waals surface area (Å²) in [5, 5.41) is 3.32.